The lowest BCUT2D eigenvalue weighted by Gasteiger charge is -2.22. The lowest BCUT2D eigenvalue weighted by Crippen LogP contribution is -2.49. The van der Waals surface area contributed by atoms with Crippen molar-refractivity contribution < 1.29 is 23.8 Å². The van der Waals surface area contributed by atoms with Gasteiger partial charge in [0.2, 0.25) is 0 Å². The number of carbonyl (C=O) groups is 2. The normalized spacial score (nSPS) is 11.3. The monoisotopic (exact) mass is 409 g/mol. The number of aryl methyl sites for hydroxylation is 1. The third-order valence-electron chi connectivity index (χ3n) is 4.85. The van der Waals surface area contributed by atoms with Gasteiger partial charge in [-0.3, -0.25) is 4.79 Å². The van der Waals surface area contributed by atoms with Gasteiger partial charge in [-0.2, -0.15) is 0 Å². The van der Waals surface area contributed by atoms with Gasteiger partial charge < -0.3 is 15.2 Å². The zero-order valence-electron chi connectivity index (χ0n) is 16.9. The number of amides is 1. The lowest BCUT2D eigenvalue weighted by molar-refractivity contribution is -0.143. The number of halogens is 1. The van der Waals surface area contributed by atoms with Gasteiger partial charge in [0.15, 0.2) is 0 Å². The summed E-state index contributed by atoms with van der Waals surface area (Å²) in [7, 11) is 0. The number of carboxylic acid groups (broad SMARTS) is 1. The number of hydrogen-bond donors (Lipinski definition) is 2. The van der Waals surface area contributed by atoms with E-state index in [1.165, 1.54) is 19.4 Å². The van der Waals surface area contributed by atoms with Crippen LogP contribution >= 0.6 is 0 Å². The van der Waals surface area contributed by atoms with E-state index >= 15 is 0 Å². The van der Waals surface area contributed by atoms with Crippen LogP contribution in [0.15, 0.2) is 60.7 Å². The molecule has 0 spiro atoms. The van der Waals surface area contributed by atoms with Crippen LogP contribution in [-0.2, 0) is 11.2 Å². The van der Waals surface area contributed by atoms with Crippen molar-refractivity contribution in [2.45, 2.75) is 32.2 Å². The van der Waals surface area contributed by atoms with E-state index in [1.807, 2.05) is 30.3 Å². The number of carboxylic acids is 1. The fraction of sp³-hybridized carbons (Fsp3) is 0.250. The summed E-state index contributed by atoms with van der Waals surface area (Å²) in [5, 5.41) is 12.5. The Hall–Kier alpha value is -3.41. The summed E-state index contributed by atoms with van der Waals surface area (Å²) in [5.74, 6) is -2.22. The van der Waals surface area contributed by atoms with Crippen LogP contribution in [-0.4, -0.2) is 29.1 Å². The van der Waals surface area contributed by atoms with Gasteiger partial charge in [0, 0.05) is 10.8 Å². The maximum Gasteiger partial charge on any atom is 0.328 e. The molecule has 3 rings (SSSR count). The molecule has 30 heavy (non-hydrogen) atoms. The minimum Gasteiger partial charge on any atom is -0.492 e. The van der Waals surface area contributed by atoms with Crippen LogP contribution in [0.4, 0.5) is 4.39 Å². The van der Waals surface area contributed by atoms with Crippen molar-refractivity contribution >= 4 is 22.6 Å². The predicted octanol–water partition coefficient (Wildman–Crippen LogP) is 4.58. The molecule has 0 saturated heterocycles. The van der Waals surface area contributed by atoms with Gasteiger partial charge in [-0.1, -0.05) is 54.6 Å². The SMILES string of the molecule is CC(C)(NC(=O)c1cc(F)c2ccccc2c1OCCCc1ccccc1)C(=O)O. The van der Waals surface area contributed by atoms with Crippen molar-refractivity contribution in [3.8, 4) is 5.75 Å². The summed E-state index contributed by atoms with van der Waals surface area (Å²) < 4.78 is 20.6. The molecule has 156 valence electrons. The zero-order valence-corrected chi connectivity index (χ0v) is 16.9. The van der Waals surface area contributed by atoms with E-state index in [0.717, 1.165) is 12.5 Å². The molecule has 2 N–H and O–H groups in total. The van der Waals surface area contributed by atoms with Crippen molar-refractivity contribution in [1.82, 2.24) is 5.32 Å². The smallest absolute Gasteiger partial charge is 0.328 e. The Balaban J connectivity index is 1.88. The Morgan fingerprint density at radius 1 is 1.03 bits per heavy atom. The van der Waals surface area contributed by atoms with Crippen LogP contribution < -0.4 is 10.1 Å². The lowest BCUT2D eigenvalue weighted by atomic mass is 10.0. The zero-order chi connectivity index (χ0) is 21.7. The highest BCUT2D eigenvalue weighted by molar-refractivity contribution is 6.05. The van der Waals surface area contributed by atoms with E-state index in [2.05, 4.69) is 5.32 Å². The average Bonchev–Trinajstić information content (AvgIpc) is 2.72. The Morgan fingerprint density at radius 2 is 1.67 bits per heavy atom. The fourth-order valence-electron chi connectivity index (χ4n) is 3.13. The summed E-state index contributed by atoms with van der Waals surface area (Å²) in [6, 6.07) is 17.8. The first-order valence-corrected chi connectivity index (χ1v) is 9.73. The predicted molar refractivity (Wildman–Crippen MR) is 113 cm³/mol. The Bertz CT molecular complexity index is 1060. The first-order valence-electron chi connectivity index (χ1n) is 9.73. The molecular weight excluding hydrogens is 385 g/mol. The van der Waals surface area contributed by atoms with Gasteiger partial charge in [0.25, 0.3) is 5.91 Å². The van der Waals surface area contributed by atoms with Gasteiger partial charge in [-0.15, -0.1) is 0 Å². The van der Waals surface area contributed by atoms with Crippen molar-refractivity contribution in [1.29, 1.82) is 0 Å². The highest BCUT2D eigenvalue weighted by atomic mass is 19.1. The first-order chi connectivity index (χ1) is 14.3. The molecule has 0 radical (unpaired) electrons. The number of ether oxygens (including phenoxy) is 1. The standard InChI is InChI=1S/C24H24FNO4/c1-24(2,23(28)29)26-22(27)19-15-20(25)17-12-6-7-13-18(17)21(19)30-14-8-11-16-9-4-3-5-10-16/h3-7,9-10,12-13,15H,8,11,14H2,1-2H3,(H,26,27)(H,28,29). The number of rotatable bonds is 8. The molecule has 0 atom stereocenters. The summed E-state index contributed by atoms with van der Waals surface area (Å²) in [4.78, 5) is 24.2. The number of nitrogens with one attached hydrogen (secondary N) is 1. The molecule has 0 fully saturated rings. The number of hydrogen-bond acceptors (Lipinski definition) is 3. The number of fused-ring (bicyclic) bond motifs is 1. The second-order valence-electron chi connectivity index (χ2n) is 7.60. The molecule has 0 bridgehead atoms. The number of aliphatic carboxylic acids is 1. The molecule has 0 aromatic heterocycles. The van der Waals surface area contributed by atoms with Crippen LogP contribution in [0.1, 0.15) is 36.2 Å². The van der Waals surface area contributed by atoms with Crippen LogP contribution in [0.2, 0.25) is 0 Å². The van der Waals surface area contributed by atoms with Crippen molar-refractivity contribution in [3.63, 3.8) is 0 Å². The molecule has 0 aliphatic rings. The van der Waals surface area contributed by atoms with E-state index in [1.54, 1.807) is 24.3 Å². The van der Waals surface area contributed by atoms with E-state index < -0.39 is 23.2 Å². The van der Waals surface area contributed by atoms with Crippen molar-refractivity contribution in [2.24, 2.45) is 0 Å². The van der Waals surface area contributed by atoms with Crippen LogP contribution in [0.25, 0.3) is 10.8 Å². The minimum absolute atomic E-state index is 0.0276. The highest BCUT2D eigenvalue weighted by Gasteiger charge is 2.31. The van der Waals surface area contributed by atoms with Crippen LogP contribution in [0.5, 0.6) is 5.75 Å². The molecule has 0 aliphatic heterocycles. The largest absolute Gasteiger partial charge is 0.492 e. The van der Waals surface area contributed by atoms with Gasteiger partial charge in [-0.05, 0) is 38.3 Å². The Labute approximate surface area is 174 Å². The highest BCUT2D eigenvalue weighted by Crippen LogP contribution is 2.32. The molecule has 0 unspecified atom stereocenters. The summed E-state index contributed by atoms with van der Waals surface area (Å²) >= 11 is 0. The molecule has 3 aromatic rings. The molecule has 0 saturated carbocycles. The maximum absolute atomic E-state index is 14.6. The van der Waals surface area contributed by atoms with Crippen LogP contribution in [0, 0.1) is 5.82 Å². The first kappa shape index (κ1) is 21.3. The maximum atomic E-state index is 14.6. The van der Waals surface area contributed by atoms with Gasteiger partial charge in [0.05, 0.1) is 12.2 Å². The van der Waals surface area contributed by atoms with E-state index in [0.29, 0.717) is 23.8 Å². The minimum atomic E-state index is -1.51. The van der Waals surface area contributed by atoms with Crippen molar-refractivity contribution in [2.75, 3.05) is 6.61 Å². The Morgan fingerprint density at radius 3 is 2.33 bits per heavy atom. The fourth-order valence-corrected chi connectivity index (χ4v) is 3.13. The molecular formula is C24H24FNO4. The molecule has 3 aromatic carbocycles. The summed E-state index contributed by atoms with van der Waals surface area (Å²) in [5.41, 5.74) is -0.365. The molecule has 5 nitrogen and oxygen atoms in total. The average molecular weight is 409 g/mol. The van der Waals surface area contributed by atoms with E-state index in [-0.39, 0.29) is 11.3 Å². The van der Waals surface area contributed by atoms with Gasteiger partial charge in [0.1, 0.15) is 17.1 Å². The third-order valence-corrected chi connectivity index (χ3v) is 4.85. The topological polar surface area (TPSA) is 75.6 Å². The van der Waals surface area contributed by atoms with E-state index in [4.69, 9.17) is 4.74 Å². The third kappa shape index (κ3) is 4.76. The van der Waals surface area contributed by atoms with Gasteiger partial charge >= 0.3 is 5.97 Å². The number of benzene rings is 3. The quantitative estimate of drug-likeness (QED) is 0.534. The molecule has 6 heteroatoms. The molecule has 0 aliphatic carbocycles. The molecule has 0 heterocycles. The van der Waals surface area contributed by atoms with Crippen molar-refractivity contribution in [3.05, 3.63) is 77.6 Å². The van der Waals surface area contributed by atoms with Gasteiger partial charge in [-0.25, -0.2) is 9.18 Å². The van der Waals surface area contributed by atoms with Crippen LogP contribution in [0.3, 0.4) is 0 Å². The Kier molecular flexibility index (Phi) is 6.35. The second-order valence-corrected chi connectivity index (χ2v) is 7.60. The second kappa shape index (κ2) is 8.95. The van der Waals surface area contributed by atoms with E-state index in [9.17, 15) is 19.1 Å². The molecule has 1 amide bonds. The summed E-state index contributed by atoms with van der Waals surface area (Å²) in [6.45, 7) is 3.06. The number of carbonyl (C=O) groups excluding carboxylic acids is 1. The summed E-state index contributed by atoms with van der Waals surface area (Å²) in [6.07, 6.45) is 1.50.